The third kappa shape index (κ3) is 2.13. The van der Waals surface area contributed by atoms with Crippen LogP contribution in [0.2, 0.25) is 0 Å². The zero-order valence-corrected chi connectivity index (χ0v) is 10.8. The molecule has 1 fully saturated rings. The van der Waals surface area contributed by atoms with Crippen LogP contribution in [0.5, 0.6) is 0 Å². The number of aliphatic carboxylic acids is 1. The minimum atomic E-state index is -0.952. The monoisotopic (exact) mass is 274 g/mol. The normalized spacial score (nSPS) is 21.6. The number of aryl methyl sites for hydroxylation is 1. The van der Waals surface area contributed by atoms with Crippen LogP contribution >= 0.6 is 0 Å². The lowest BCUT2D eigenvalue weighted by Crippen LogP contribution is -2.26. The molecule has 1 aromatic rings. The molecule has 3 rings (SSSR count). The lowest BCUT2D eigenvalue weighted by Gasteiger charge is -2.21. The van der Waals surface area contributed by atoms with Crippen molar-refractivity contribution in [1.29, 1.82) is 0 Å². The van der Waals surface area contributed by atoms with Crippen LogP contribution in [0.15, 0.2) is 18.2 Å². The van der Waals surface area contributed by atoms with Crippen molar-refractivity contribution in [2.75, 3.05) is 16.8 Å². The van der Waals surface area contributed by atoms with E-state index in [-0.39, 0.29) is 24.8 Å². The van der Waals surface area contributed by atoms with Crippen LogP contribution < -0.4 is 10.2 Å². The first kappa shape index (κ1) is 12.7. The molecule has 20 heavy (non-hydrogen) atoms. The van der Waals surface area contributed by atoms with E-state index in [9.17, 15) is 14.4 Å². The van der Waals surface area contributed by atoms with E-state index in [2.05, 4.69) is 5.32 Å². The van der Waals surface area contributed by atoms with Gasteiger partial charge in [-0.05, 0) is 24.1 Å². The summed E-state index contributed by atoms with van der Waals surface area (Å²) in [4.78, 5) is 35.7. The van der Waals surface area contributed by atoms with Gasteiger partial charge in [-0.3, -0.25) is 14.4 Å². The van der Waals surface area contributed by atoms with Gasteiger partial charge in [0.2, 0.25) is 11.8 Å². The molecule has 104 valence electrons. The molecular weight excluding hydrogens is 260 g/mol. The van der Waals surface area contributed by atoms with Crippen molar-refractivity contribution in [2.45, 2.75) is 19.3 Å². The Bertz CT molecular complexity index is 611. The summed E-state index contributed by atoms with van der Waals surface area (Å²) in [5.74, 6) is -1.84. The van der Waals surface area contributed by atoms with E-state index < -0.39 is 11.9 Å². The molecule has 2 aliphatic rings. The Balaban J connectivity index is 1.88. The molecule has 1 aromatic carbocycles. The third-order valence-corrected chi connectivity index (χ3v) is 3.77. The van der Waals surface area contributed by atoms with Crippen LogP contribution in [0.25, 0.3) is 0 Å². The number of rotatable bonds is 2. The molecule has 0 saturated carbocycles. The Labute approximate surface area is 115 Å². The number of hydrogen-bond acceptors (Lipinski definition) is 3. The molecule has 1 unspecified atom stereocenters. The fourth-order valence-corrected chi connectivity index (χ4v) is 2.65. The van der Waals surface area contributed by atoms with E-state index in [0.717, 1.165) is 5.56 Å². The van der Waals surface area contributed by atoms with Gasteiger partial charge >= 0.3 is 5.97 Å². The zero-order valence-electron chi connectivity index (χ0n) is 10.8. The first-order valence-electron chi connectivity index (χ1n) is 6.50. The lowest BCUT2D eigenvalue weighted by atomic mass is 10.0. The summed E-state index contributed by atoms with van der Waals surface area (Å²) in [5.41, 5.74) is 2.39. The Morgan fingerprint density at radius 3 is 2.80 bits per heavy atom. The van der Waals surface area contributed by atoms with Crippen LogP contribution in [-0.2, 0) is 20.8 Å². The van der Waals surface area contributed by atoms with Gasteiger partial charge in [0.1, 0.15) is 0 Å². The number of carbonyl (C=O) groups is 3. The van der Waals surface area contributed by atoms with E-state index in [4.69, 9.17) is 5.11 Å². The molecule has 2 N–H and O–H groups in total. The molecule has 0 aliphatic carbocycles. The molecular formula is C14H14N2O4. The number of carbonyl (C=O) groups excluding carboxylic acids is 2. The molecule has 0 spiro atoms. The van der Waals surface area contributed by atoms with Crippen LogP contribution in [0.4, 0.5) is 11.4 Å². The largest absolute Gasteiger partial charge is 0.481 e. The summed E-state index contributed by atoms with van der Waals surface area (Å²) < 4.78 is 0. The summed E-state index contributed by atoms with van der Waals surface area (Å²) in [6, 6.07) is 5.43. The van der Waals surface area contributed by atoms with Crippen molar-refractivity contribution < 1.29 is 19.5 Å². The number of benzene rings is 1. The summed E-state index contributed by atoms with van der Waals surface area (Å²) in [6.45, 7) is 0.181. The van der Waals surface area contributed by atoms with E-state index in [1.165, 1.54) is 4.90 Å². The second-order valence-electron chi connectivity index (χ2n) is 5.13. The van der Waals surface area contributed by atoms with Gasteiger partial charge in [0.25, 0.3) is 0 Å². The average molecular weight is 274 g/mol. The highest BCUT2D eigenvalue weighted by Gasteiger charge is 2.35. The average Bonchev–Trinajstić information content (AvgIpc) is 2.80. The topological polar surface area (TPSA) is 86.7 Å². The maximum absolute atomic E-state index is 11.9. The Kier molecular flexibility index (Phi) is 2.93. The second-order valence-corrected chi connectivity index (χ2v) is 5.13. The first-order chi connectivity index (χ1) is 9.54. The highest BCUT2D eigenvalue weighted by Crippen LogP contribution is 2.31. The molecule has 0 aromatic heterocycles. The van der Waals surface area contributed by atoms with E-state index in [0.29, 0.717) is 24.2 Å². The highest BCUT2D eigenvalue weighted by molar-refractivity contribution is 6.00. The quantitative estimate of drug-likeness (QED) is 0.842. The lowest BCUT2D eigenvalue weighted by molar-refractivity contribution is -0.141. The van der Waals surface area contributed by atoms with E-state index in [1.807, 2.05) is 6.07 Å². The van der Waals surface area contributed by atoms with Gasteiger partial charge in [-0.15, -0.1) is 0 Å². The Hall–Kier alpha value is -2.37. The van der Waals surface area contributed by atoms with Crippen molar-refractivity contribution >= 4 is 29.2 Å². The Morgan fingerprint density at radius 1 is 1.30 bits per heavy atom. The van der Waals surface area contributed by atoms with Gasteiger partial charge in [0.15, 0.2) is 0 Å². The molecule has 0 radical (unpaired) electrons. The zero-order chi connectivity index (χ0) is 14.3. The standard InChI is InChI=1S/C14H14N2O4/c17-12-4-2-8-1-3-10(6-11(8)15-12)16-7-9(14(19)20)5-13(16)18/h1,3,6,9H,2,4-5,7H2,(H,15,17)(H,19,20). The summed E-state index contributed by atoms with van der Waals surface area (Å²) in [7, 11) is 0. The Morgan fingerprint density at radius 2 is 2.10 bits per heavy atom. The predicted molar refractivity (Wildman–Crippen MR) is 71.5 cm³/mol. The van der Waals surface area contributed by atoms with Crippen molar-refractivity contribution in [3.8, 4) is 0 Å². The fourth-order valence-electron chi connectivity index (χ4n) is 2.65. The van der Waals surface area contributed by atoms with E-state index in [1.54, 1.807) is 12.1 Å². The van der Waals surface area contributed by atoms with Gasteiger partial charge in [0.05, 0.1) is 5.92 Å². The van der Waals surface area contributed by atoms with Crippen molar-refractivity contribution in [2.24, 2.45) is 5.92 Å². The number of hydrogen-bond donors (Lipinski definition) is 2. The summed E-state index contributed by atoms with van der Waals surface area (Å²) in [5, 5.41) is 11.8. The summed E-state index contributed by atoms with van der Waals surface area (Å²) >= 11 is 0. The van der Waals surface area contributed by atoms with Crippen molar-refractivity contribution in [3.05, 3.63) is 23.8 Å². The molecule has 2 heterocycles. The van der Waals surface area contributed by atoms with E-state index >= 15 is 0 Å². The maximum Gasteiger partial charge on any atom is 0.308 e. The van der Waals surface area contributed by atoms with Gasteiger partial charge in [-0.25, -0.2) is 0 Å². The van der Waals surface area contributed by atoms with Crippen LogP contribution in [0, 0.1) is 5.92 Å². The number of amides is 2. The molecule has 2 aliphatic heterocycles. The predicted octanol–water partition coefficient (Wildman–Crippen LogP) is 1.01. The van der Waals surface area contributed by atoms with Crippen LogP contribution in [-0.4, -0.2) is 29.4 Å². The molecule has 6 nitrogen and oxygen atoms in total. The first-order valence-corrected chi connectivity index (χ1v) is 6.50. The molecule has 1 saturated heterocycles. The molecule has 0 bridgehead atoms. The third-order valence-electron chi connectivity index (χ3n) is 3.77. The smallest absolute Gasteiger partial charge is 0.308 e. The van der Waals surface area contributed by atoms with Gasteiger partial charge < -0.3 is 15.3 Å². The number of carboxylic acids is 1. The maximum atomic E-state index is 11.9. The van der Waals surface area contributed by atoms with Crippen molar-refractivity contribution in [3.63, 3.8) is 0 Å². The molecule has 2 amide bonds. The van der Waals surface area contributed by atoms with Gasteiger partial charge in [-0.2, -0.15) is 0 Å². The number of nitrogens with zero attached hydrogens (tertiary/aromatic N) is 1. The minimum Gasteiger partial charge on any atom is -0.481 e. The molecule has 6 heteroatoms. The van der Waals surface area contributed by atoms with Crippen LogP contribution in [0.3, 0.4) is 0 Å². The number of nitrogens with one attached hydrogen (secondary N) is 1. The second kappa shape index (κ2) is 4.63. The number of fused-ring (bicyclic) bond motifs is 1. The highest BCUT2D eigenvalue weighted by atomic mass is 16.4. The SMILES string of the molecule is O=C1CCc2ccc(N3CC(C(=O)O)CC3=O)cc2N1. The van der Waals surface area contributed by atoms with Gasteiger partial charge in [-0.1, -0.05) is 6.07 Å². The number of carboxylic acid groups (broad SMARTS) is 1. The minimum absolute atomic E-state index is 0.0266. The van der Waals surface area contributed by atoms with Crippen molar-refractivity contribution in [1.82, 2.24) is 0 Å². The van der Waals surface area contributed by atoms with Crippen LogP contribution in [0.1, 0.15) is 18.4 Å². The van der Waals surface area contributed by atoms with Gasteiger partial charge in [0, 0.05) is 30.8 Å². The summed E-state index contributed by atoms with van der Waals surface area (Å²) in [6.07, 6.45) is 1.18. The number of anilines is 2. The molecule has 1 atom stereocenters. The fraction of sp³-hybridized carbons (Fsp3) is 0.357.